The molecule has 0 saturated heterocycles. The molecule has 22 heavy (non-hydrogen) atoms. The van der Waals surface area contributed by atoms with Gasteiger partial charge in [-0.25, -0.2) is 4.39 Å². The van der Waals surface area contributed by atoms with E-state index in [4.69, 9.17) is 10.5 Å². The van der Waals surface area contributed by atoms with Crippen LogP contribution in [0.1, 0.15) is 38.2 Å². The number of rotatable bonds is 5. The smallest absolute Gasteiger partial charge is 0.308 e. The second-order valence-electron chi connectivity index (χ2n) is 5.95. The number of halogens is 1. The van der Waals surface area contributed by atoms with Crippen LogP contribution >= 0.6 is 0 Å². The average molecular weight is 308 g/mol. The third-order valence-electron chi connectivity index (χ3n) is 4.60. The SMILES string of the molecule is CCN(Cc1ccc(N)c(F)c1)[C@H]1CC[C@@H](C(=O)OC)CC1. The summed E-state index contributed by atoms with van der Waals surface area (Å²) < 4.78 is 18.4. The first-order valence-corrected chi connectivity index (χ1v) is 7.91. The maximum atomic E-state index is 13.6. The van der Waals surface area contributed by atoms with Crippen molar-refractivity contribution in [2.24, 2.45) is 5.92 Å². The lowest BCUT2D eigenvalue weighted by Crippen LogP contribution is -2.38. The highest BCUT2D eigenvalue weighted by atomic mass is 19.1. The summed E-state index contributed by atoms with van der Waals surface area (Å²) >= 11 is 0. The second-order valence-corrected chi connectivity index (χ2v) is 5.95. The van der Waals surface area contributed by atoms with Gasteiger partial charge in [0, 0.05) is 12.6 Å². The standard InChI is InChI=1S/C17H25FN2O2/c1-3-20(11-12-4-9-16(19)15(18)10-12)14-7-5-13(6-8-14)17(21)22-2/h4,9-10,13-14H,3,5-8,11,19H2,1-2H3/t13-,14+. The summed E-state index contributed by atoms with van der Waals surface area (Å²) in [7, 11) is 1.45. The van der Waals surface area contributed by atoms with Gasteiger partial charge in [-0.15, -0.1) is 0 Å². The number of carbonyl (C=O) groups excluding carboxylic acids is 1. The van der Waals surface area contributed by atoms with Crippen LogP contribution in [0.3, 0.4) is 0 Å². The normalized spacial score (nSPS) is 21.8. The molecule has 0 atom stereocenters. The Morgan fingerprint density at radius 1 is 1.36 bits per heavy atom. The molecule has 2 N–H and O–H groups in total. The van der Waals surface area contributed by atoms with E-state index in [1.807, 2.05) is 6.07 Å². The van der Waals surface area contributed by atoms with Gasteiger partial charge in [-0.05, 0) is 49.9 Å². The summed E-state index contributed by atoms with van der Waals surface area (Å²) in [5.74, 6) is -0.418. The van der Waals surface area contributed by atoms with E-state index in [1.54, 1.807) is 6.07 Å². The van der Waals surface area contributed by atoms with Gasteiger partial charge in [-0.2, -0.15) is 0 Å². The molecule has 0 unspecified atom stereocenters. The molecule has 0 amide bonds. The van der Waals surface area contributed by atoms with Crippen molar-refractivity contribution in [3.63, 3.8) is 0 Å². The van der Waals surface area contributed by atoms with Crippen LogP contribution in [-0.4, -0.2) is 30.6 Å². The van der Waals surface area contributed by atoms with Crippen LogP contribution in [-0.2, 0) is 16.1 Å². The maximum absolute atomic E-state index is 13.6. The Balaban J connectivity index is 1.95. The molecule has 0 bridgehead atoms. The van der Waals surface area contributed by atoms with E-state index in [-0.39, 0.29) is 23.4 Å². The molecule has 1 aromatic carbocycles. The molecule has 0 spiro atoms. The van der Waals surface area contributed by atoms with Gasteiger partial charge in [0.05, 0.1) is 18.7 Å². The van der Waals surface area contributed by atoms with Crippen LogP contribution in [0.25, 0.3) is 0 Å². The summed E-state index contributed by atoms with van der Waals surface area (Å²) in [6, 6.07) is 5.44. The zero-order valence-corrected chi connectivity index (χ0v) is 13.3. The minimum absolute atomic E-state index is 0.0360. The fourth-order valence-corrected chi connectivity index (χ4v) is 3.25. The van der Waals surface area contributed by atoms with Crippen molar-refractivity contribution in [1.82, 2.24) is 4.90 Å². The lowest BCUT2D eigenvalue weighted by atomic mass is 9.85. The van der Waals surface area contributed by atoms with Gasteiger partial charge in [0.15, 0.2) is 0 Å². The quantitative estimate of drug-likeness (QED) is 0.671. The molecule has 1 saturated carbocycles. The van der Waals surface area contributed by atoms with E-state index in [9.17, 15) is 9.18 Å². The van der Waals surface area contributed by atoms with E-state index in [1.165, 1.54) is 13.2 Å². The van der Waals surface area contributed by atoms with Crippen LogP contribution < -0.4 is 5.73 Å². The van der Waals surface area contributed by atoms with Crippen molar-refractivity contribution in [2.45, 2.75) is 45.2 Å². The molecule has 0 radical (unpaired) electrons. The average Bonchev–Trinajstić information content (AvgIpc) is 2.55. The Morgan fingerprint density at radius 3 is 2.59 bits per heavy atom. The van der Waals surface area contributed by atoms with Gasteiger partial charge in [0.25, 0.3) is 0 Å². The third kappa shape index (κ3) is 3.97. The van der Waals surface area contributed by atoms with Crippen LogP contribution in [0, 0.1) is 11.7 Å². The van der Waals surface area contributed by atoms with Crippen LogP contribution in [0.4, 0.5) is 10.1 Å². The molecular weight excluding hydrogens is 283 g/mol. The molecule has 1 aromatic rings. The van der Waals surface area contributed by atoms with Crippen molar-refractivity contribution in [3.8, 4) is 0 Å². The minimum Gasteiger partial charge on any atom is -0.469 e. The Labute approximate surface area is 131 Å². The first-order valence-electron chi connectivity index (χ1n) is 7.91. The second kappa shape index (κ2) is 7.58. The summed E-state index contributed by atoms with van der Waals surface area (Å²) in [5, 5.41) is 0. The number of esters is 1. The number of benzene rings is 1. The van der Waals surface area contributed by atoms with Crippen molar-refractivity contribution in [3.05, 3.63) is 29.6 Å². The zero-order chi connectivity index (χ0) is 16.1. The van der Waals surface area contributed by atoms with Crippen molar-refractivity contribution < 1.29 is 13.9 Å². The molecule has 0 aromatic heterocycles. The first-order chi connectivity index (χ1) is 10.5. The summed E-state index contributed by atoms with van der Waals surface area (Å²) in [5.41, 5.74) is 6.64. The molecule has 0 heterocycles. The minimum atomic E-state index is -0.358. The lowest BCUT2D eigenvalue weighted by molar-refractivity contribution is -0.146. The highest BCUT2D eigenvalue weighted by Gasteiger charge is 2.29. The monoisotopic (exact) mass is 308 g/mol. The first kappa shape index (κ1) is 16.7. The largest absolute Gasteiger partial charge is 0.469 e. The molecule has 4 nitrogen and oxygen atoms in total. The highest BCUT2D eigenvalue weighted by molar-refractivity contribution is 5.72. The maximum Gasteiger partial charge on any atom is 0.308 e. The van der Waals surface area contributed by atoms with Gasteiger partial charge in [0.2, 0.25) is 0 Å². The van der Waals surface area contributed by atoms with E-state index in [0.29, 0.717) is 12.6 Å². The van der Waals surface area contributed by atoms with Gasteiger partial charge in [-0.1, -0.05) is 13.0 Å². The number of methoxy groups -OCH3 is 1. The molecule has 5 heteroatoms. The van der Waals surface area contributed by atoms with Gasteiger partial charge in [-0.3, -0.25) is 9.69 Å². The van der Waals surface area contributed by atoms with Gasteiger partial charge >= 0.3 is 5.97 Å². The topological polar surface area (TPSA) is 55.6 Å². The molecule has 1 aliphatic rings. The van der Waals surface area contributed by atoms with E-state index < -0.39 is 0 Å². The molecular formula is C17H25FN2O2. The van der Waals surface area contributed by atoms with E-state index >= 15 is 0 Å². The van der Waals surface area contributed by atoms with Crippen LogP contribution in [0.15, 0.2) is 18.2 Å². The van der Waals surface area contributed by atoms with Crippen LogP contribution in [0.5, 0.6) is 0 Å². The molecule has 0 aliphatic heterocycles. The molecule has 2 rings (SSSR count). The Morgan fingerprint density at radius 2 is 2.05 bits per heavy atom. The molecule has 1 fully saturated rings. The predicted molar refractivity (Wildman–Crippen MR) is 84.7 cm³/mol. The highest BCUT2D eigenvalue weighted by Crippen LogP contribution is 2.29. The molecule has 122 valence electrons. The number of nitrogens with two attached hydrogens (primary N) is 1. The lowest BCUT2D eigenvalue weighted by Gasteiger charge is -2.35. The molecule has 1 aliphatic carbocycles. The van der Waals surface area contributed by atoms with E-state index in [0.717, 1.165) is 37.8 Å². The fraction of sp³-hybridized carbons (Fsp3) is 0.588. The summed E-state index contributed by atoms with van der Waals surface area (Å²) in [6.07, 6.45) is 3.68. The number of ether oxygens (including phenoxy) is 1. The third-order valence-corrected chi connectivity index (χ3v) is 4.60. The van der Waals surface area contributed by atoms with Crippen LogP contribution in [0.2, 0.25) is 0 Å². The Kier molecular flexibility index (Phi) is 5.77. The Hall–Kier alpha value is -1.62. The number of hydrogen-bond acceptors (Lipinski definition) is 4. The Bertz CT molecular complexity index is 513. The van der Waals surface area contributed by atoms with Gasteiger partial charge < -0.3 is 10.5 Å². The van der Waals surface area contributed by atoms with Gasteiger partial charge in [0.1, 0.15) is 5.82 Å². The number of carbonyl (C=O) groups is 1. The number of anilines is 1. The summed E-state index contributed by atoms with van der Waals surface area (Å²) in [4.78, 5) is 13.9. The predicted octanol–water partition coefficient (Wildman–Crippen LogP) is 2.96. The van der Waals surface area contributed by atoms with Crippen molar-refractivity contribution in [1.29, 1.82) is 0 Å². The number of hydrogen-bond donors (Lipinski definition) is 1. The summed E-state index contributed by atoms with van der Waals surface area (Å²) in [6.45, 7) is 3.72. The number of nitrogens with zero attached hydrogens (tertiary/aromatic N) is 1. The van der Waals surface area contributed by atoms with E-state index in [2.05, 4.69) is 11.8 Å². The van der Waals surface area contributed by atoms with Crippen molar-refractivity contribution in [2.75, 3.05) is 19.4 Å². The van der Waals surface area contributed by atoms with Crippen molar-refractivity contribution >= 4 is 11.7 Å². The zero-order valence-electron chi connectivity index (χ0n) is 13.3. The number of nitrogen functional groups attached to an aromatic ring is 1. The fourth-order valence-electron chi connectivity index (χ4n) is 3.25.